The van der Waals surface area contributed by atoms with Gasteiger partial charge < -0.3 is 5.73 Å². The Labute approximate surface area is 154 Å². The van der Waals surface area contributed by atoms with Crippen LogP contribution in [0.3, 0.4) is 0 Å². The number of nitrogen functional groups attached to an aromatic ring is 1. The van der Waals surface area contributed by atoms with Gasteiger partial charge in [-0.1, -0.05) is 48.5 Å². The molecule has 0 heterocycles. The molecule has 0 unspecified atom stereocenters. The summed E-state index contributed by atoms with van der Waals surface area (Å²) in [6.45, 7) is 1.84. The van der Waals surface area contributed by atoms with E-state index in [0.29, 0.717) is 10.9 Å². The summed E-state index contributed by atoms with van der Waals surface area (Å²) in [5.41, 5.74) is 8.77. The Kier molecular flexibility index (Phi) is 4.11. The van der Waals surface area contributed by atoms with E-state index in [-0.39, 0.29) is 11.2 Å². The highest BCUT2D eigenvalue weighted by Crippen LogP contribution is 2.31. The Morgan fingerprint density at radius 3 is 2.04 bits per heavy atom. The molecule has 0 amide bonds. The van der Waals surface area contributed by atoms with Gasteiger partial charge in [-0.3, -0.25) is 0 Å². The third-order valence-corrected chi connectivity index (χ3v) is 4.72. The van der Waals surface area contributed by atoms with Crippen LogP contribution in [0.25, 0.3) is 33.0 Å². The van der Waals surface area contributed by atoms with E-state index in [1.807, 2.05) is 37.3 Å². The summed E-state index contributed by atoms with van der Waals surface area (Å²) in [4.78, 5) is 0. The van der Waals surface area contributed by atoms with Gasteiger partial charge >= 0.3 is 0 Å². The van der Waals surface area contributed by atoms with Crippen molar-refractivity contribution in [2.75, 3.05) is 5.73 Å². The predicted molar refractivity (Wildman–Crippen MR) is 104 cm³/mol. The van der Waals surface area contributed by atoms with Crippen molar-refractivity contribution < 1.29 is 13.2 Å². The number of anilines is 1. The van der Waals surface area contributed by atoms with Crippen LogP contribution in [0.5, 0.6) is 0 Å². The Morgan fingerprint density at radius 2 is 1.33 bits per heavy atom. The normalized spacial score (nSPS) is 11.1. The van der Waals surface area contributed by atoms with Crippen molar-refractivity contribution in [2.45, 2.75) is 6.92 Å². The molecule has 0 aliphatic carbocycles. The molecule has 0 saturated carbocycles. The highest BCUT2D eigenvalue weighted by atomic mass is 19.1. The molecule has 0 aliphatic rings. The Bertz CT molecular complexity index is 1160. The highest BCUT2D eigenvalue weighted by molar-refractivity contribution is 5.90. The first-order valence-corrected chi connectivity index (χ1v) is 8.48. The number of hydrogen-bond donors (Lipinski definition) is 1. The third-order valence-electron chi connectivity index (χ3n) is 4.72. The zero-order valence-electron chi connectivity index (χ0n) is 14.6. The van der Waals surface area contributed by atoms with E-state index in [0.717, 1.165) is 22.3 Å². The van der Waals surface area contributed by atoms with Crippen molar-refractivity contribution in [1.29, 1.82) is 0 Å². The Morgan fingerprint density at radius 1 is 0.667 bits per heavy atom. The van der Waals surface area contributed by atoms with Crippen molar-refractivity contribution >= 4 is 16.5 Å². The van der Waals surface area contributed by atoms with Gasteiger partial charge in [0.2, 0.25) is 0 Å². The fraction of sp³-hybridized carbons (Fsp3) is 0.0435. The number of aryl methyl sites for hydroxylation is 1. The lowest BCUT2D eigenvalue weighted by Gasteiger charge is -2.09. The van der Waals surface area contributed by atoms with Crippen LogP contribution in [0, 0.1) is 24.4 Å². The maximum atomic E-state index is 14.2. The first-order chi connectivity index (χ1) is 12.9. The second kappa shape index (κ2) is 6.47. The van der Waals surface area contributed by atoms with Gasteiger partial charge in [-0.05, 0) is 52.8 Å². The topological polar surface area (TPSA) is 26.0 Å². The first kappa shape index (κ1) is 17.2. The summed E-state index contributed by atoms with van der Waals surface area (Å²) in [6.07, 6.45) is 0. The van der Waals surface area contributed by atoms with Crippen molar-refractivity contribution in [3.05, 3.63) is 89.7 Å². The number of hydrogen-bond acceptors (Lipinski definition) is 1. The van der Waals surface area contributed by atoms with E-state index in [1.165, 1.54) is 12.1 Å². The molecule has 0 aromatic heterocycles. The molecule has 4 aromatic rings. The van der Waals surface area contributed by atoms with Gasteiger partial charge in [0.15, 0.2) is 5.82 Å². The average molecular weight is 363 g/mol. The van der Waals surface area contributed by atoms with Gasteiger partial charge in [0, 0.05) is 10.9 Å². The molecule has 1 nitrogen and oxygen atoms in total. The van der Waals surface area contributed by atoms with Crippen LogP contribution in [0.4, 0.5) is 18.9 Å². The third kappa shape index (κ3) is 3.04. The maximum Gasteiger partial charge on any atom is 0.156 e. The molecule has 4 aromatic carbocycles. The minimum Gasteiger partial charge on any atom is -0.394 e. The number of fused-ring (bicyclic) bond motifs is 1. The molecule has 0 atom stereocenters. The van der Waals surface area contributed by atoms with Crippen molar-refractivity contribution in [3.8, 4) is 22.3 Å². The molecule has 27 heavy (non-hydrogen) atoms. The van der Waals surface area contributed by atoms with Crippen LogP contribution in [-0.4, -0.2) is 0 Å². The van der Waals surface area contributed by atoms with Crippen LogP contribution in [0.1, 0.15) is 5.56 Å². The van der Waals surface area contributed by atoms with E-state index in [9.17, 15) is 13.2 Å². The minimum atomic E-state index is -0.776. The van der Waals surface area contributed by atoms with Crippen LogP contribution in [-0.2, 0) is 0 Å². The van der Waals surface area contributed by atoms with Gasteiger partial charge in [0.1, 0.15) is 17.3 Å². The molecular weight excluding hydrogens is 347 g/mol. The molecule has 0 spiro atoms. The second-order valence-corrected chi connectivity index (χ2v) is 6.58. The zero-order valence-corrected chi connectivity index (χ0v) is 14.6. The fourth-order valence-corrected chi connectivity index (χ4v) is 3.22. The molecule has 0 saturated heterocycles. The molecular formula is C23H16F3N. The smallest absolute Gasteiger partial charge is 0.156 e. The monoisotopic (exact) mass is 363 g/mol. The second-order valence-electron chi connectivity index (χ2n) is 6.58. The van der Waals surface area contributed by atoms with Crippen LogP contribution >= 0.6 is 0 Å². The number of halogens is 3. The lowest BCUT2D eigenvalue weighted by Crippen LogP contribution is -1.96. The Hall–Kier alpha value is -3.27. The quantitative estimate of drug-likeness (QED) is 0.405. The van der Waals surface area contributed by atoms with E-state index in [2.05, 4.69) is 0 Å². The molecule has 0 radical (unpaired) electrons. The van der Waals surface area contributed by atoms with E-state index in [4.69, 9.17) is 5.73 Å². The molecule has 4 heteroatoms. The molecule has 134 valence electrons. The average Bonchev–Trinajstić information content (AvgIpc) is 2.66. The van der Waals surface area contributed by atoms with E-state index in [1.54, 1.807) is 24.3 Å². The zero-order chi connectivity index (χ0) is 19.1. The minimum absolute atomic E-state index is 0.267. The summed E-state index contributed by atoms with van der Waals surface area (Å²) in [7, 11) is 0. The largest absolute Gasteiger partial charge is 0.394 e. The van der Waals surface area contributed by atoms with Gasteiger partial charge in [0.25, 0.3) is 0 Å². The maximum absolute atomic E-state index is 14.2. The van der Waals surface area contributed by atoms with Gasteiger partial charge in [-0.25, -0.2) is 13.2 Å². The SMILES string of the molecule is Cc1ccc(-c2ccc(-c3ccc4c(F)c(N)c(F)cc4c3)cc2)c(F)c1. The molecule has 4 rings (SSSR count). The predicted octanol–water partition coefficient (Wildman–Crippen LogP) is 6.48. The standard InChI is InChI=1S/C23H16F3N/c1-13-2-8-18(20(24)10-13)15-5-3-14(4-6-15)16-7-9-19-17(11-16)12-21(25)23(27)22(19)26/h2-12H,27H2,1H3. The number of benzene rings is 4. The van der Waals surface area contributed by atoms with Crippen molar-refractivity contribution in [2.24, 2.45) is 0 Å². The number of nitrogens with two attached hydrogens (primary N) is 1. The van der Waals surface area contributed by atoms with Gasteiger partial charge in [-0.15, -0.1) is 0 Å². The van der Waals surface area contributed by atoms with Crippen molar-refractivity contribution in [1.82, 2.24) is 0 Å². The molecule has 2 N–H and O–H groups in total. The highest BCUT2D eigenvalue weighted by Gasteiger charge is 2.12. The van der Waals surface area contributed by atoms with E-state index >= 15 is 0 Å². The fourth-order valence-electron chi connectivity index (χ4n) is 3.22. The molecule has 0 bridgehead atoms. The summed E-state index contributed by atoms with van der Waals surface area (Å²) < 4.78 is 42.0. The summed E-state index contributed by atoms with van der Waals surface area (Å²) >= 11 is 0. The summed E-state index contributed by atoms with van der Waals surface area (Å²) in [6, 6.07) is 18.8. The van der Waals surface area contributed by atoms with Crippen molar-refractivity contribution in [3.63, 3.8) is 0 Å². The van der Waals surface area contributed by atoms with Crippen LogP contribution < -0.4 is 5.73 Å². The molecule has 0 fully saturated rings. The van der Waals surface area contributed by atoms with Crippen LogP contribution in [0.15, 0.2) is 66.7 Å². The lowest BCUT2D eigenvalue weighted by atomic mass is 9.97. The summed E-state index contributed by atoms with van der Waals surface area (Å²) in [5, 5.41) is 0.710. The first-order valence-electron chi connectivity index (χ1n) is 8.48. The number of rotatable bonds is 2. The summed E-state index contributed by atoms with van der Waals surface area (Å²) in [5.74, 6) is -1.79. The van der Waals surface area contributed by atoms with Crippen LogP contribution in [0.2, 0.25) is 0 Å². The molecule has 0 aliphatic heterocycles. The Balaban J connectivity index is 1.74. The lowest BCUT2D eigenvalue weighted by molar-refractivity contribution is 0.600. The van der Waals surface area contributed by atoms with Gasteiger partial charge in [-0.2, -0.15) is 0 Å². The van der Waals surface area contributed by atoms with Gasteiger partial charge in [0.05, 0.1) is 0 Å². The van der Waals surface area contributed by atoms with E-state index < -0.39 is 17.3 Å².